The highest BCUT2D eigenvalue weighted by Gasteiger charge is 2.65. The molecule has 0 radical (unpaired) electrons. The van der Waals surface area contributed by atoms with Crippen molar-refractivity contribution in [3.63, 3.8) is 0 Å². The number of fused-ring (bicyclic) bond motifs is 11. The first-order valence-electron chi connectivity index (χ1n) is 21.0. The molecule has 6 aliphatic rings. The molecule has 4 aliphatic carbocycles. The van der Waals surface area contributed by atoms with E-state index in [4.69, 9.17) is 9.47 Å². The van der Waals surface area contributed by atoms with Crippen LogP contribution in [0, 0.1) is 46.3 Å². The van der Waals surface area contributed by atoms with Crippen LogP contribution in [-0.2, 0) is 19.9 Å². The fourth-order valence-electron chi connectivity index (χ4n) is 12.9. The van der Waals surface area contributed by atoms with Crippen LogP contribution in [0.1, 0.15) is 106 Å². The van der Waals surface area contributed by atoms with Crippen LogP contribution in [0.3, 0.4) is 0 Å². The number of aromatic hydroxyl groups is 2. The predicted octanol–water partition coefficient (Wildman–Crippen LogP) is 6.10. The number of hydrogen-bond acceptors (Lipinski definition) is 10. The van der Waals surface area contributed by atoms with Gasteiger partial charge in [0.15, 0.2) is 5.60 Å². The zero-order chi connectivity index (χ0) is 40.9. The van der Waals surface area contributed by atoms with Gasteiger partial charge in [0.2, 0.25) is 11.8 Å². The van der Waals surface area contributed by atoms with Crippen LogP contribution in [-0.4, -0.2) is 68.2 Å². The topological polar surface area (TPSA) is 195 Å². The summed E-state index contributed by atoms with van der Waals surface area (Å²) in [6, 6.07) is 13.9. The first-order chi connectivity index (χ1) is 27.6. The van der Waals surface area contributed by atoms with Crippen LogP contribution < -0.4 is 15.4 Å². The summed E-state index contributed by atoms with van der Waals surface area (Å²) in [5.74, 6) is 0.269. The Morgan fingerprint density at radius 3 is 2.24 bits per heavy atom. The van der Waals surface area contributed by atoms with Gasteiger partial charge in [0, 0.05) is 40.9 Å². The molecule has 9 rings (SSSR count). The molecule has 4 fully saturated rings. The van der Waals surface area contributed by atoms with Crippen molar-refractivity contribution in [2.45, 2.75) is 102 Å². The standard InChI is InChI=1S/C46H54N2O10/c1-23(30-11-12-34-42-35(21-39(53)45(30,34)3)44(2)15-14-28(51)16-24(44)17-36(42)52)4-13-40(54)47-22-41(55)48-25-5-8-31-29(18-25)43(56)58-46(31)32-9-6-26(49)19-37(32)57-38-20-27(50)7-10-33(38)46/h5-10,18-20,23-24,28,30,34-36,39,42,49-53H,4,11-17,21-22H2,1-3H3,(H,47,54)(H,48,55)/t23-,24+,28-,30-,34+,35+,36-,39+,42+,44+,45-/m1/s1. The Balaban J connectivity index is 0.825. The minimum atomic E-state index is -1.42. The van der Waals surface area contributed by atoms with Crippen molar-refractivity contribution in [2.75, 3.05) is 11.9 Å². The van der Waals surface area contributed by atoms with Crippen LogP contribution in [0.25, 0.3) is 0 Å². The normalized spacial score (nSPS) is 34.2. The molecular formula is C46H54N2O10. The Morgan fingerprint density at radius 1 is 0.845 bits per heavy atom. The minimum absolute atomic E-state index is 0.0119. The van der Waals surface area contributed by atoms with Crippen molar-refractivity contribution in [1.29, 1.82) is 0 Å². The number of nitrogens with one attached hydrogen (secondary N) is 2. The molecule has 3 aromatic rings. The van der Waals surface area contributed by atoms with E-state index in [1.165, 1.54) is 30.3 Å². The van der Waals surface area contributed by atoms with Crippen molar-refractivity contribution < 1.29 is 49.4 Å². The van der Waals surface area contributed by atoms with Gasteiger partial charge in [-0.25, -0.2) is 4.79 Å². The first-order valence-corrected chi connectivity index (χ1v) is 21.0. The molecular weight excluding hydrogens is 741 g/mol. The summed E-state index contributed by atoms with van der Waals surface area (Å²) >= 11 is 0. The highest BCUT2D eigenvalue weighted by atomic mass is 16.6. The van der Waals surface area contributed by atoms with E-state index in [0.717, 1.165) is 32.1 Å². The van der Waals surface area contributed by atoms with Crippen molar-refractivity contribution in [3.05, 3.63) is 76.9 Å². The zero-order valence-corrected chi connectivity index (χ0v) is 33.2. The van der Waals surface area contributed by atoms with Gasteiger partial charge in [-0.15, -0.1) is 0 Å². The van der Waals surface area contributed by atoms with E-state index in [-0.39, 0.29) is 99.9 Å². The summed E-state index contributed by atoms with van der Waals surface area (Å²) in [6.45, 7) is 6.44. The number of amides is 2. The Hall–Kier alpha value is -4.65. The fourth-order valence-corrected chi connectivity index (χ4v) is 12.9. The van der Waals surface area contributed by atoms with Crippen LogP contribution >= 0.6 is 0 Å². The van der Waals surface area contributed by atoms with Gasteiger partial charge in [-0.3, -0.25) is 9.59 Å². The van der Waals surface area contributed by atoms with Gasteiger partial charge in [-0.05, 0) is 134 Å². The summed E-state index contributed by atoms with van der Waals surface area (Å²) in [6.07, 6.45) is 5.29. The third kappa shape index (κ3) is 5.92. The summed E-state index contributed by atoms with van der Waals surface area (Å²) in [7, 11) is 0. The lowest BCUT2D eigenvalue weighted by Gasteiger charge is -2.63. The molecule has 0 aromatic heterocycles. The number of esters is 1. The lowest BCUT2D eigenvalue weighted by atomic mass is 9.43. The smallest absolute Gasteiger partial charge is 0.340 e. The van der Waals surface area contributed by atoms with Crippen LogP contribution in [0.5, 0.6) is 23.0 Å². The van der Waals surface area contributed by atoms with Crippen LogP contribution in [0.2, 0.25) is 0 Å². The molecule has 11 atom stereocenters. The molecule has 2 amide bonds. The average Bonchev–Trinajstić information content (AvgIpc) is 3.68. The van der Waals surface area contributed by atoms with E-state index in [9.17, 15) is 39.9 Å². The van der Waals surface area contributed by atoms with E-state index in [0.29, 0.717) is 41.6 Å². The number of ether oxygens (including phenoxy) is 2. The highest BCUT2D eigenvalue weighted by Crippen LogP contribution is 2.68. The fraction of sp³-hybridized carbons (Fsp3) is 0.543. The molecule has 4 saturated carbocycles. The van der Waals surface area contributed by atoms with Crippen LogP contribution in [0.15, 0.2) is 54.6 Å². The zero-order valence-electron chi connectivity index (χ0n) is 33.2. The maximum Gasteiger partial charge on any atom is 0.340 e. The minimum Gasteiger partial charge on any atom is -0.508 e. The second-order valence-corrected chi connectivity index (χ2v) is 18.7. The predicted molar refractivity (Wildman–Crippen MR) is 212 cm³/mol. The van der Waals surface area contributed by atoms with Gasteiger partial charge >= 0.3 is 5.97 Å². The van der Waals surface area contributed by atoms with Crippen molar-refractivity contribution in [3.8, 4) is 23.0 Å². The molecule has 3 aromatic carbocycles. The molecule has 2 heterocycles. The number of benzene rings is 3. The molecule has 0 unspecified atom stereocenters. The molecule has 58 heavy (non-hydrogen) atoms. The molecule has 308 valence electrons. The van der Waals surface area contributed by atoms with E-state index >= 15 is 0 Å². The Kier molecular flexibility index (Phi) is 9.37. The quantitative estimate of drug-likeness (QED) is 0.138. The molecule has 12 nitrogen and oxygen atoms in total. The Bertz CT molecular complexity index is 2120. The SMILES string of the molecule is C[C@H](CCC(=O)NCC(=O)Nc1ccc2c(c1)C(=O)OC21c2ccc(O)cc2Oc2cc(O)ccc21)[C@H]1CC[C@H]2[C@@H]3[C@H](O)C[C@@H]4C[C@H](O)CC[C@]4(C)[C@H]3C[C@H](O)[C@]12C. The van der Waals surface area contributed by atoms with Crippen molar-refractivity contribution >= 4 is 23.5 Å². The Labute approximate surface area is 338 Å². The number of carbonyl (C=O) groups excluding carboxylic acids is 3. The lowest BCUT2D eigenvalue weighted by molar-refractivity contribution is -0.207. The summed E-state index contributed by atoms with van der Waals surface area (Å²) in [4.78, 5) is 39.6. The number of aliphatic hydroxyl groups excluding tert-OH is 3. The molecule has 2 aliphatic heterocycles. The molecule has 7 N–H and O–H groups in total. The van der Waals surface area contributed by atoms with E-state index in [2.05, 4.69) is 31.4 Å². The van der Waals surface area contributed by atoms with Gasteiger partial charge in [0.1, 0.15) is 23.0 Å². The second-order valence-electron chi connectivity index (χ2n) is 18.7. The third-order valence-electron chi connectivity index (χ3n) is 15.9. The van der Waals surface area contributed by atoms with E-state index in [1.54, 1.807) is 24.3 Å². The van der Waals surface area contributed by atoms with Gasteiger partial charge < -0.3 is 45.6 Å². The number of anilines is 1. The number of phenols is 2. The maximum absolute atomic E-state index is 13.5. The van der Waals surface area contributed by atoms with Crippen molar-refractivity contribution in [2.24, 2.45) is 46.3 Å². The third-order valence-corrected chi connectivity index (χ3v) is 15.9. The highest BCUT2D eigenvalue weighted by molar-refractivity contribution is 6.00. The number of aliphatic hydroxyl groups is 3. The van der Waals surface area contributed by atoms with E-state index < -0.39 is 29.7 Å². The van der Waals surface area contributed by atoms with Crippen molar-refractivity contribution in [1.82, 2.24) is 5.32 Å². The monoisotopic (exact) mass is 794 g/mol. The van der Waals surface area contributed by atoms with Gasteiger partial charge in [0.05, 0.1) is 30.4 Å². The summed E-state index contributed by atoms with van der Waals surface area (Å²) in [5, 5.41) is 59.8. The molecule has 1 spiro atoms. The molecule has 0 saturated heterocycles. The number of rotatable bonds is 7. The first kappa shape index (κ1) is 38.8. The summed E-state index contributed by atoms with van der Waals surface area (Å²) < 4.78 is 12.1. The molecule has 0 bridgehead atoms. The molecule has 12 heteroatoms. The number of carbonyl (C=O) groups is 3. The number of phenolic OH excluding ortho intramolecular Hbond substituents is 2. The average molecular weight is 795 g/mol. The largest absolute Gasteiger partial charge is 0.508 e. The van der Waals surface area contributed by atoms with Gasteiger partial charge in [-0.1, -0.05) is 26.8 Å². The van der Waals surface area contributed by atoms with Gasteiger partial charge in [0.25, 0.3) is 0 Å². The second kappa shape index (κ2) is 14.0. The maximum atomic E-state index is 13.5. The van der Waals surface area contributed by atoms with E-state index in [1.807, 2.05) is 0 Å². The summed E-state index contributed by atoms with van der Waals surface area (Å²) in [5.41, 5.74) is 0.291. The van der Waals surface area contributed by atoms with Crippen LogP contribution in [0.4, 0.5) is 5.69 Å². The lowest BCUT2D eigenvalue weighted by Crippen LogP contribution is -2.62. The van der Waals surface area contributed by atoms with Gasteiger partial charge in [-0.2, -0.15) is 0 Å². The Morgan fingerprint density at radius 2 is 1.53 bits per heavy atom. The number of hydrogen-bond donors (Lipinski definition) is 7.